The van der Waals surface area contributed by atoms with Crippen molar-refractivity contribution in [1.82, 2.24) is 14.9 Å². The van der Waals surface area contributed by atoms with E-state index in [1.165, 1.54) is 24.4 Å². The van der Waals surface area contributed by atoms with Crippen molar-refractivity contribution >= 4 is 28.9 Å². The van der Waals surface area contributed by atoms with Crippen LogP contribution in [0.3, 0.4) is 0 Å². The molecular formula is C28H24N4O4. The predicted octanol–water partition coefficient (Wildman–Crippen LogP) is 3.60. The Labute approximate surface area is 207 Å². The van der Waals surface area contributed by atoms with Crippen LogP contribution in [-0.2, 0) is 16.0 Å². The van der Waals surface area contributed by atoms with E-state index in [0.29, 0.717) is 17.7 Å². The molecular weight excluding hydrogens is 456 g/mol. The number of nitrogens with zero attached hydrogens (tertiary/aromatic N) is 3. The molecule has 36 heavy (non-hydrogen) atoms. The molecule has 2 aliphatic rings. The Bertz CT molecular complexity index is 1510. The van der Waals surface area contributed by atoms with Gasteiger partial charge < -0.3 is 19.7 Å². The molecule has 2 aliphatic heterocycles. The SMILES string of the molecule is COc1cc(/C=N/N2CC(=O)N3C(Cc4c([nH]c5ccccc45)C3c3ccccc3)C2=O)ccc1O. The smallest absolute Gasteiger partial charge is 0.266 e. The van der Waals surface area contributed by atoms with E-state index in [9.17, 15) is 14.7 Å². The number of hydrogen-bond acceptors (Lipinski definition) is 5. The van der Waals surface area contributed by atoms with Crippen molar-refractivity contribution in [3.63, 3.8) is 0 Å². The van der Waals surface area contributed by atoms with Crippen LogP contribution in [0.25, 0.3) is 10.9 Å². The van der Waals surface area contributed by atoms with Crippen LogP contribution in [0.2, 0.25) is 0 Å². The zero-order valence-electron chi connectivity index (χ0n) is 19.6. The van der Waals surface area contributed by atoms with Crippen molar-refractivity contribution in [2.24, 2.45) is 5.10 Å². The zero-order valence-corrected chi connectivity index (χ0v) is 19.6. The predicted molar refractivity (Wildman–Crippen MR) is 135 cm³/mol. The molecule has 0 bridgehead atoms. The summed E-state index contributed by atoms with van der Waals surface area (Å²) in [6, 6.07) is 21.5. The lowest BCUT2D eigenvalue weighted by atomic mass is 9.86. The molecule has 2 N–H and O–H groups in total. The zero-order chi connectivity index (χ0) is 24.8. The van der Waals surface area contributed by atoms with Crippen molar-refractivity contribution in [3.05, 3.63) is 95.2 Å². The van der Waals surface area contributed by atoms with Crippen LogP contribution >= 0.6 is 0 Å². The van der Waals surface area contributed by atoms with Gasteiger partial charge in [0.15, 0.2) is 11.5 Å². The minimum atomic E-state index is -0.672. The van der Waals surface area contributed by atoms with Crippen LogP contribution < -0.4 is 4.74 Å². The number of carbonyl (C=O) groups excluding carboxylic acids is 2. The molecule has 2 amide bonds. The van der Waals surface area contributed by atoms with Gasteiger partial charge in [0, 0.05) is 23.0 Å². The summed E-state index contributed by atoms with van der Waals surface area (Å²) in [4.78, 5) is 32.5. The molecule has 1 fully saturated rings. The molecule has 2 unspecified atom stereocenters. The average Bonchev–Trinajstić information content (AvgIpc) is 3.28. The molecule has 1 aromatic heterocycles. The Balaban J connectivity index is 1.40. The van der Waals surface area contributed by atoms with Gasteiger partial charge in [0.05, 0.1) is 19.4 Å². The van der Waals surface area contributed by atoms with Crippen molar-refractivity contribution in [1.29, 1.82) is 0 Å². The fraction of sp³-hybridized carbons (Fsp3) is 0.179. The van der Waals surface area contributed by atoms with Gasteiger partial charge in [-0.3, -0.25) is 9.59 Å². The highest BCUT2D eigenvalue weighted by atomic mass is 16.5. The molecule has 180 valence electrons. The third kappa shape index (κ3) is 3.50. The first-order valence-electron chi connectivity index (χ1n) is 11.7. The van der Waals surface area contributed by atoms with Crippen molar-refractivity contribution in [2.45, 2.75) is 18.5 Å². The third-order valence-electron chi connectivity index (χ3n) is 6.91. The summed E-state index contributed by atoms with van der Waals surface area (Å²) < 4.78 is 5.14. The number of fused-ring (bicyclic) bond motifs is 4. The Morgan fingerprint density at radius 2 is 1.83 bits per heavy atom. The van der Waals surface area contributed by atoms with Crippen molar-refractivity contribution < 1.29 is 19.4 Å². The van der Waals surface area contributed by atoms with Gasteiger partial charge in [0.1, 0.15) is 12.6 Å². The number of hydrazone groups is 1. The number of benzene rings is 3. The van der Waals surface area contributed by atoms with Crippen LogP contribution in [0.4, 0.5) is 0 Å². The van der Waals surface area contributed by atoms with Crippen LogP contribution in [0.15, 0.2) is 77.9 Å². The lowest BCUT2D eigenvalue weighted by Crippen LogP contribution is -2.61. The molecule has 8 nitrogen and oxygen atoms in total. The second-order valence-corrected chi connectivity index (χ2v) is 8.97. The summed E-state index contributed by atoms with van der Waals surface area (Å²) in [5.74, 6) is -0.0825. The number of piperazine rings is 1. The Morgan fingerprint density at radius 3 is 2.64 bits per heavy atom. The van der Waals surface area contributed by atoms with Gasteiger partial charge in [-0.15, -0.1) is 0 Å². The van der Waals surface area contributed by atoms with Crippen LogP contribution in [-0.4, -0.2) is 57.7 Å². The van der Waals surface area contributed by atoms with E-state index in [-0.39, 0.29) is 24.1 Å². The number of ether oxygens (including phenoxy) is 1. The molecule has 0 spiro atoms. The number of carbonyl (C=O) groups is 2. The number of para-hydroxylation sites is 1. The topological polar surface area (TPSA) is 98.2 Å². The molecule has 0 aliphatic carbocycles. The summed E-state index contributed by atoms with van der Waals surface area (Å²) in [6.07, 6.45) is 1.91. The molecule has 8 heteroatoms. The number of methoxy groups -OCH3 is 1. The Kier molecular flexibility index (Phi) is 5.21. The number of phenols is 1. The quantitative estimate of drug-likeness (QED) is 0.436. The third-order valence-corrected chi connectivity index (χ3v) is 6.91. The van der Waals surface area contributed by atoms with Gasteiger partial charge in [-0.1, -0.05) is 48.5 Å². The summed E-state index contributed by atoms with van der Waals surface area (Å²) in [6.45, 7) is -0.153. The number of amides is 2. The maximum absolute atomic E-state index is 13.7. The summed E-state index contributed by atoms with van der Waals surface area (Å²) in [5, 5.41) is 16.5. The second kappa shape index (κ2) is 8.57. The van der Waals surface area contributed by atoms with Crippen LogP contribution in [0, 0.1) is 0 Å². The van der Waals surface area contributed by atoms with Crippen molar-refractivity contribution in [2.75, 3.05) is 13.7 Å². The van der Waals surface area contributed by atoms with Gasteiger partial charge in [0.25, 0.3) is 5.91 Å². The average molecular weight is 481 g/mol. The maximum Gasteiger partial charge on any atom is 0.266 e. The molecule has 3 heterocycles. The number of rotatable bonds is 4. The first-order valence-corrected chi connectivity index (χ1v) is 11.7. The van der Waals surface area contributed by atoms with E-state index >= 15 is 0 Å². The second-order valence-electron chi connectivity index (χ2n) is 8.97. The number of nitrogens with one attached hydrogen (secondary N) is 1. The standard InChI is InChI=1S/C28H24N4O4/c1-36-24-13-17(11-12-23(24)33)15-29-31-16-25(34)32-22(28(31)35)14-20-19-9-5-6-10-21(19)30-26(20)27(32)18-7-3-2-4-8-18/h2-13,15,22,27,30,33H,14,16H2,1H3/b29-15+. The number of H-pyrrole nitrogens is 1. The summed E-state index contributed by atoms with van der Waals surface area (Å²) in [7, 11) is 1.46. The largest absolute Gasteiger partial charge is 0.504 e. The molecule has 3 aromatic carbocycles. The fourth-order valence-electron chi connectivity index (χ4n) is 5.24. The molecule has 2 atom stereocenters. The highest BCUT2D eigenvalue weighted by molar-refractivity contribution is 5.98. The Morgan fingerprint density at radius 1 is 1.06 bits per heavy atom. The number of aromatic nitrogens is 1. The summed E-state index contributed by atoms with van der Waals surface area (Å²) >= 11 is 0. The summed E-state index contributed by atoms with van der Waals surface area (Å²) in [5.41, 5.74) is 4.57. The number of phenolic OH excluding ortho intramolecular Hbond substituents is 1. The normalized spacial score (nSPS) is 19.6. The van der Waals surface area contributed by atoms with E-state index < -0.39 is 12.1 Å². The number of aromatic amines is 1. The number of hydrogen-bond donors (Lipinski definition) is 2. The molecule has 0 radical (unpaired) electrons. The maximum atomic E-state index is 13.7. The van der Waals surface area contributed by atoms with E-state index in [1.807, 2.05) is 54.6 Å². The van der Waals surface area contributed by atoms with E-state index in [2.05, 4.69) is 10.1 Å². The highest BCUT2D eigenvalue weighted by Crippen LogP contribution is 2.42. The molecule has 4 aromatic rings. The van der Waals surface area contributed by atoms with Crippen LogP contribution in [0.1, 0.15) is 28.4 Å². The van der Waals surface area contributed by atoms with E-state index in [4.69, 9.17) is 4.74 Å². The fourth-order valence-corrected chi connectivity index (χ4v) is 5.24. The number of aromatic hydroxyl groups is 1. The van der Waals surface area contributed by atoms with Gasteiger partial charge >= 0.3 is 0 Å². The van der Waals surface area contributed by atoms with Crippen molar-refractivity contribution in [3.8, 4) is 11.5 Å². The monoisotopic (exact) mass is 480 g/mol. The minimum absolute atomic E-state index is 0.0122. The first-order chi connectivity index (χ1) is 17.5. The van der Waals surface area contributed by atoms with Gasteiger partial charge in [0.2, 0.25) is 5.91 Å². The van der Waals surface area contributed by atoms with E-state index in [0.717, 1.165) is 27.7 Å². The Hall–Kier alpha value is -4.59. The first kappa shape index (κ1) is 21.9. The molecule has 0 saturated carbocycles. The van der Waals surface area contributed by atoms with Gasteiger partial charge in [-0.05, 0) is 41.0 Å². The molecule has 6 rings (SSSR count). The lowest BCUT2D eigenvalue weighted by Gasteiger charge is -2.45. The minimum Gasteiger partial charge on any atom is -0.504 e. The lowest BCUT2D eigenvalue weighted by molar-refractivity contribution is -0.158. The van der Waals surface area contributed by atoms with Gasteiger partial charge in [-0.25, -0.2) is 5.01 Å². The van der Waals surface area contributed by atoms with Crippen LogP contribution in [0.5, 0.6) is 11.5 Å². The van der Waals surface area contributed by atoms with E-state index in [1.54, 1.807) is 17.0 Å². The molecule has 1 saturated heterocycles. The van der Waals surface area contributed by atoms with Gasteiger partial charge in [-0.2, -0.15) is 5.10 Å². The highest BCUT2D eigenvalue weighted by Gasteiger charge is 2.48.